The Hall–Kier alpha value is -1.69. The van der Waals surface area contributed by atoms with Crippen molar-refractivity contribution in [2.75, 3.05) is 17.2 Å². The zero-order valence-electron chi connectivity index (χ0n) is 10.2. The van der Waals surface area contributed by atoms with Crippen LogP contribution >= 0.6 is 0 Å². The van der Waals surface area contributed by atoms with E-state index in [1.165, 1.54) is 0 Å². The molecule has 0 bridgehead atoms. The van der Waals surface area contributed by atoms with Gasteiger partial charge in [0.1, 0.15) is 6.07 Å². The summed E-state index contributed by atoms with van der Waals surface area (Å²) in [4.78, 5) is 2.28. The highest BCUT2D eigenvalue weighted by Crippen LogP contribution is 2.22. The smallest absolute Gasteiger partial charge is 0.101 e. The van der Waals surface area contributed by atoms with Crippen molar-refractivity contribution in [3.63, 3.8) is 0 Å². The molecule has 0 saturated heterocycles. The molecule has 0 aromatic heterocycles. The Morgan fingerprint density at radius 1 is 1.44 bits per heavy atom. The van der Waals surface area contributed by atoms with Crippen molar-refractivity contribution in [1.82, 2.24) is 0 Å². The topological polar surface area (TPSA) is 53.0 Å². The summed E-state index contributed by atoms with van der Waals surface area (Å²) < 4.78 is 0. The van der Waals surface area contributed by atoms with Crippen molar-refractivity contribution in [2.24, 2.45) is 0 Å². The summed E-state index contributed by atoms with van der Waals surface area (Å²) in [5, 5.41) is 8.94. The van der Waals surface area contributed by atoms with Crippen LogP contribution in [0.3, 0.4) is 0 Å². The Morgan fingerprint density at radius 2 is 2.12 bits per heavy atom. The first-order valence-corrected chi connectivity index (χ1v) is 5.66. The summed E-state index contributed by atoms with van der Waals surface area (Å²) >= 11 is 0. The largest absolute Gasteiger partial charge is 0.398 e. The fourth-order valence-electron chi connectivity index (χ4n) is 1.75. The van der Waals surface area contributed by atoms with Gasteiger partial charge in [0.05, 0.1) is 5.56 Å². The third-order valence-corrected chi connectivity index (χ3v) is 2.58. The van der Waals surface area contributed by atoms with Gasteiger partial charge in [-0.2, -0.15) is 5.26 Å². The van der Waals surface area contributed by atoms with E-state index < -0.39 is 0 Å². The van der Waals surface area contributed by atoms with Crippen molar-refractivity contribution in [2.45, 2.75) is 33.2 Å². The minimum Gasteiger partial charge on any atom is -0.398 e. The first-order chi connectivity index (χ1) is 7.60. The number of nitrogen functional groups attached to an aromatic ring is 1. The van der Waals surface area contributed by atoms with E-state index >= 15 is 0 Å². The second kappa shape index (κ2) is 5.41. The zero-order chi connectivity index (χ0) is 12.1. The van der Waals surface area contributed by atoms with Crippen LogP contribution in [0, 0.1) is 11.3 Å². The number of nitrogens with two attached hydrogens (primary N) is 1. The molecule has 0 amide bonds. The number of hydrogen-bond acceptors (Lipinski definition) is 3. The van der Waals surface area contributed by atoms with Crippen molar-refractivity contribution in [3.05, 3.63) is 23.8 Å². The van der Waals surface area contributed by atoms with Gasteiger partial charge in [-0.3, -0.25) is 0 Å². The number of nitrogens with zero attached hydrogens (tertiary/aromatic N) is 2. The molecule has 1 rings (SSSR count). The molecule has 0 aliphatic heterocycles. The van der Waals surface area contributed by atoms with E-state index in [0.29, 0.717) is 17.3 Å². The maximum absolute atomic E-state index is 8.94. The van der Waals surface area contributed by atoms with E-state index in [4.69, 9.17) is 11.0 Å². The van der Waals surface area contributed by atoms with Gasteiger partial charge in [-0.25, -0.2) is 0 Å². The van der Waals surface area contributed by atoms with Gasteiger partial charge < -0.3 is 10.6 Å². The summed E-state index contributed by atoms with van der Waals surface area (Å²) in [5.41, 5.74) is 7.88. The van der Waals surface area contributed by atoms with Gasteiger partial charge in [0.2, 0.25) is 0 Å². The van der Waals surface area contributed by atoms with Crippen LogP contribution in [0.1, 0.15) is 32.8 Å². The fraction of sp³-hybridized carbons (Fsp3) is 0.462. The summed E-state index contributed by atoms with van der Waals surface area (Å²) in [5.74, 6) is 0. The zero-order valence-corrected chi connectivity index (χ0v) is 10.2. The quantitative estimate of drug-likeness (QED) is 0.789. The molecule has 0 unspecified atom stereocenters. The number of anilines is 2. The van der Waals surface area contributed by atoms with Gasteiger partial charge in [-0.1, -0.05) is 6.92 Å². The van der Waals surface area contributed by atoms with Gasteiger partial charge in [0, 0.05) is 24.0 Å². The molecule has 2 N–H and O–H groups in total. The van der Waals surface area contributed by atoms with E-state index in [9.17, 15) is 0 Å². The van der Waals surface area contributed by atoms with Crippen molar-refractivity contribution in [3.8, 4) is 6.07 Å². The summed E-state index contributed by atoms with van der Waals surface area (Å²) in [6.07, 6.45) is 1.09. The molecule has 0 radical (unpaired) electrons. The lowest BCUT2D eigenvalue weighted by atomic mass is 10.1. The number of rotatable bonds is 4. The van der Waals surface area contributed by atoms with Gasteiger partial charge in [0.15, 0.2) is 0 Å². The molecule has 3 nitrogen and oxygen atoms in total. The van der Waals surface area contributed by atoms with Crippen LogP contribution in [0.4, 0.5) is 11.4 Å². The third kappa shape index (κ3) is 2.66. The van der Waals surface area contributed by atoms with Crippen LogP contribution < -0.4 is 10.6 Å². The van der Waals surface area contributed by atoms with Crippen molar-refractivity contribution >= 4 is 11.4 Å². The Kier molecular flexibility index (Phi) is 4.19. The predicted octanol–water partition coefficient (Wildman–Crippen LogP) is 2.77. The molecule has 86 valence electrons. The number of benzene rings is 1. The molecule has 0 atom stereocenters. The van der Waals surface area contributed by atoms with Crippen LogP contribution in [0.15, 0.2) is 18.2 Å². The van der Waals surface area contributed by atoms with E-state index in [0.717, 1.165) is 18.7 Å². The molecule has 0 aliphatic rings. The molecule has 1 aromatic carbocycles. The minimum atomic E-state index is 0.426. The fourth-order valence-corrected chi connectivity index (χ4v) is 1.75. The van der Waals surface area contributed by atoms with Crippen LogP contribution in [0.2, 0.25) is 0 Å². The van der Waals surface area contributed by atoms with Gasteiger partial charge in [0.25, 0.3) is 0 Å². The molecular weight excluding hydrogens is 198 g/mol. The number of hydrogen-bond donors (Lipinski definition) is 1. The van der Waals surface area contributed by atoms with Crippen LogP contribution in [-0.2, 0) is 0 Å². The maximum atomic E-state index is 8.94. The molecule has 0 spiro atoms. The SMILES string of the molecule is CCCN(c1ccc(N)c(C#N)c1)C(C)C. The molecular formula is C13H19N3. The van der Waals surface area contributed by atoms with E-state index in [2.05, 4.69) is 31.7 Å². The number of nitriles is 1. The van der Waals surface area contributed by atoms with Crippen molar-refractivity contribution in [1.29, 1.82) is 5.26 Å². The molecule has 0 heterocycles. The second-order valence-corrected chi connectivity index (χ2v) is 4.17. The highest BCUT2D eigenvalue weighted by Gasteiger charge is 2.10. The van der Waals surface area contributed by atoms with Crippen LogP contribution in [-0.4, -0.2) is 12.6 Å². The van der Waals surface area contributed by atoms with E-state index in [1.807, 2.05) is 12.1 Å². The molecule has 16 heavy (non-hydrogen) atoms. The highest BCUT2D eigenvalue weighted by atomic mass is 15.1. The summed E-state index contributed by atoms with van der Waals surface area (Å²) in [6.45, 7) is 7.44. The standard InChI is InChI=1S/C13H19N3/c1-4-7-16(10(2)3)12-5-6-13(15)11(8-12)9-14/h5-6,8,10H,4,7,15H2,1-3H3. The average Bonchev–Trinajstić information content (AvgIpc) is 2.26. The second-order valence-electron chi connectivity index (χ2n) is 4.17. The van der Waals surface area contributed by atoms with Crippen LogP contribution in [0.25, 0.3) is 0 Å². The monoisotopic (exact) mass is 217 g/mol. The van der Waals surface area contributed by atoms with E-state index in [1.54, 1.807) is 6.07 Å². The van der Waals surface area contributed by atoms with E-state index in [-0.39, 0.29) is 0 Å². The lowest BCUT2D eigenvalue weighted by Gasteiger charge is -2.28. The first kappa shape index (κ1) is 12.4. The van der Waals surface area contributed by atoms with Gasteiger partial charge in [-0.15, -0.1) is 0 Å². The Labute approximate surface area is 97.5 Å². The molecule has 0 saturated carbocycles. The van der Waals surface area contributed by atoms with Crippen molar-refractivity contribution < 1.29 is 0 Å². The van der Waals surface area contributed by atoms with Crippen LogP contribution in [0.5, 0.6) is 0 Å². The van der Waals surface area contributed by atoms with Gasteiger partial charge in [-0.05, 0) is 38.5 Å². The first-order valence-electron chi connectivity index (χ1n) is 5.66. The lowest BCUT2D eigenvalue weighted by molar-refractivity contribution is 0.671. The molecule has 0 fully saturated rings. The lowest BCUT2D eigenvalue weighted by Crippen LogP contribution is -2.31. The normalized spacial score (nSPS) is 10.2. The Bertz CT molecular complexity index is 391. The average molecular weight is 217 g/mol. The summed E-state index contributed by atoms with van der Waals surface area (Å²) in [6, 6.07) is 8.19. The maximum Gasteiger partial charge on any atom is 0.101 e. The Morgan fingerprint density at radius 3 is 2.62 bits per heavy atom. The predicted molar refractivity (Wildman–Crippen MR) is 68.3 cm³/mol. The third-order valence-electron chi connectivity index (χ3n) is 2.58. The Balaban J connectivity index is 3.06. The molecule has 0 aliphatic carbocycles. The summed E-state index contributed by atoms with van der Waals surface area (Å²) in [7, 11) is 0. The minimum absolute atomic E-state index is 0.426. The highest BCUT2D eigenvalue weighted by molar-refractivity contribution is 5.63. The molecule has 3 heteroatoms. The van der Waals surface area contributed by atoms with Gasteiger partial charge >= 0.3 is 0 Å². The molecule has 1 aromatic rings.